The van der Waals surface area contributed by atoms with E-state index in [0.717, 1.165) is 12.8 Å². The van der Waals surface area contributed by atoms with Gasteiger partial charge in [0.05, 0.1) is 0 Å². The molecule has 0 spiro atoms. The van der Waals surface area contributed by atoms with Gasteiger partial charge in [0.25, 0.3) is 0 Å². The van der Waals surface area contributed by atoms with Crippen LogP contribution in [0.2, 0.25) is 5.54 Å². The van der Waals surface area contributed by atoms with Gasteiger partial charge < -0.3 is 13.3 Å². The fraction of sp³-hybridized carbons (Fsp3) is 0.778. The van der Waals surface area contributed by atoms with Gasteiger partial charge in [-0.2, -0.15) is 0 Å². The van der Waals surface area contributed by atoms with Crippen molar-refractivity contribution < 1.29 is 13.3 Å². The minimum atomic E-state index is -2.44. The molecule has 0 saturated heterocycles. The number of hydrogen-bond acceptors (Lipinski definition) is 3. The Kier molecular flexibility index (Phi) is 6.24. The van der Waals surface area contributed by atoms with Crippen LogP contribution in [0.1, 0.15) is 19.8 Å². The van der Waals surface area contributed by atoms with Crippen LogP contribution in [0.3, 0.4) is 0 Å². The highest BCUT2D eigenvalue weighted by atomic mass is 28.4. The summed E-state index contributed by atoms with van der Waals surface area (Å²) in [6.45, 7) is 5.82. The van der Waals surface area contributed by atoms with Crippen LogP contribution >= 0.6 is 0 Å². The van der Waals surface area contributed by atoms with E-state index in [0.29, 0.717) is 5.54 Å². The summed E-state index contributed by atoms with van der Waals surface area (Å²) < 4.78 is 16.2. The van der Waals surface area contributed by atoms with E-state index in [1.807, 2.05) is 6.08 Å². The van der Waals surface area contributed by atoms with E-state index < -0.39 is 8.80 Å². The normalized spacial score (nSPS) is 14.2. The van der Waals surface area contributed by atoms with Gasteiger partial charge in [-0.3, -0.25) is 0 Å². The molecule has 0 heterocycles. The topological polar surface area (TPSA) is 27.7 Å². The molecule has 4 heteroatoms. The van der Waals surface area contributed by atoms with E-state index in [1.54, 1.807) is 21.3 Å². The van der Waals surface area contributed by atoms with Gasteiger partial charge in [0.2, 0.25) is 0 Å². The highest BCUT2D eigenvalue weighted by Gasteiger charge is 2.45. The molecule has 0 bridgehead atoms. The van der Waals surface area contributed by atoms with E-state index in [1.165, 1.54) is 0 Å². The third-order valence-electron chi connectivity index (χ3n) is 2.30. The highest BCUT2D eigenvalue weighted by molar-refractivity contribution is 6.62. The second kappa shape index (κ2) is 6.31. The number of allylic oxidation sites excluding steroid dienone is 1. The van der Waals surface area contributed by atoms with E-state index >= 15 is 0 Å². The van der Waals surface area contributed by atoms with Gasteiger partial charge in [0.1, 0.15) is 0 Å². The molecule has 0 aromatic heterocycles. The van der Waals surface area contributed by atoms with Crippen molar-refractivity contribution in [2.75, 3.05) is 21.3 Å². The van der Waals surface area contributed by atoms with Crippen LogP contribution < -0.4 is 0 Å². The standard InChI is InChI=1S/C9H20O3Si/c1-6-8-9(7-2)13(10-3,11-4)12-5/h6,9H,1,7-8H2,2-5H3. The SMILES string of the molecule is C=CCC(CC)[Si](OC)(OC)OC. The molecule has 0 aromatic rings. The maximum atomic E-state index is 5.39. The quantitative estimate of drug-likeness (QED) is 0.470. The summed E-state index contributed by atoms with van der Waals surface area (Å²) in [5, 5.41) is 0. The molecular weight excluding hydrogens is 184 g/mol. The fourth-order valence-electron chi connectivity index (χ4n) is 1.51. The summed E-state index contributed by atoms with van der Waals surface area (Å²) >= 11 is 0. The van der Waals surface area contributed by atoms with Crippen LogP contribution in [0.4, 0.5) is 0 Å². The molecule has 1 atom stereocenters. The molecule has 0 saturated carbocycles. The highest BCUT2D eigenvalue weighted by Crippen LogP contribution is 2.30. The number of hydrogen-bond donors (Lipinski definition) is 0. The van der Waals surface area contributed by atoms with Crippen LogP contribution in [0.25, 0.3) is 0 Å². The molecule has 0 fully saturated rings. The van der Waals surface area contributed by atoms with Crippen LogP contribution in [0.15, 0.2) is 12.7 Å². The number of rotatable bonds is 7. The van der Waals surface area contributed by atoms with Crippen molar-refractivity contribution in [1.82, 2.24) is 0 Å². The third-order valence-corrected chi connectivity index (χ3v) is 5.65. The minimum absolute atomic E-state index is 0.310. The second-order valence-corrected chi connectivity index (χ2v) is 6.09. The van der Waals surface area contributed by atoms with Gasteiger partial charge in [-0.05, 0) is 12.8 Å². The molecule has 0 radical (unpaired) electrons. The van der Waals surface area contributed by atoms with Crippen LogP contribution in [0.5, 0.6) is 0 Å². The van der Waals surface area contributed by atoms with Gasteiger partial charge in [-0.25, -0.2) is 0 Å². The fourth-order valence-corrected chi connectivity index (χ4v) is 3.97. The van der Waals surface area contributed by atoms with Crippen molar-refractivity contribution in [2.45, 2.75) is 25.3 Å². The molecule has 0 aliphatic carbocycles. The molecule has 0 rings (SSSR count). The predicted molar refractivity (Wildman–Crippen MR) is 55.6 cm³/mol. The average Bonchev–Trinajstić information content (AvgIpc) is 2.19. The van der Waals surface area contributed by atoms with Gasteiger partial charge in [0, 0.05) is 26.9 Å². The lowest BCUT2D eigenvalue weighted by molar-refractivity contribution is 0.110. The van der Waals surface area contributed by atoms with Gasteiger partial charge in [-0.15, -0.1) is 6.58 Å². The maximum Gasteiger partial charge on any atom is 0.503 e. The molecule has 78 valence electrons. The van der Waals surface area contributed by atoms with Gasteiger partial charge >= 0.3 is 8.80 Å². The van der Waals surface area contributed by atoms with Crippen LogP contribution in [0, 0.1) is 0 Å². The van der Waals surface area contributed by atoms with E-state index in [4.69, 9.17) is 13.3 Å². The lowest BCUT2D eigenvalue weighted by atomic mass is 10.2. The summed E-state index contributed by atoms with van der Waals surface area (Å²) in [5.41, 5.74) is 0.310. The van der Waals surface area contributed by atoms with Gasteiger partial charge in [0.15, 0.2) is 0 Å². The molecule has 0 amide bonds. The molecule has 0 aromatic carbocycles. The monoisotopic (exact) mass is 204 g/mol. The first-order valence-corrected chi connectivity index (χ1v) is 6.27. The Morgan fingerprint density at radius 3 is 1.92 bits per heavy atom. The Hall–Kier alpha value is -0.163. The first-order valence-electron chi connectivity index (χ1n) is 4.47. The van der Waals surface area contributed by atoms with E-state index in [-0.39, 0.29) is 0 Å². The second-order valence-electron chi connectivity index (χ2n) is 2.85. The third kappa shape index (κ3) is 2.91. The van der Waals surface area contributed by atoms with Crippen molar-refractivity contribution in [1.29, 1.82) is 0 Å². The molecule has 0 aliphatic rings. The first-order chi connectivity index (χ1) is 6.20. The summed E-state index contributed by atoms with van der Waals surface area (Å²) in [7, 11) is 2.49. The molecule has 0 aliphatic heterocycles. The Labute approximate surface area is 82.1 Å². The summed E-state index contributed by atoms with van der Waals surface area (Å²) in [6, 6.07) is 0. The predicted octanol–water partition coefficient (Wildman–Crippen LogP) is 2.22. The Morgan fingerprint density at radius 1 is 1.23 bits per heavy atom. The smallest absolute Gasteiger partial charge is 0.377 e. The lowest BCUT2D eigenvalue weighted by Crippen LogP contribution is -2.47. The van der Waals surface area contributed by atoms with E-state index in [2.05, 4.69) is 13.5 Å². The molecule has 13 heavy (non-hydrogen) atoms. The molecule has 0 N–H and O–H groups in total. The molecule has 3 nitrogen and oxygen atoms in total. The van der Waals surface area contributed by atoms with Crippen molar-refractivity contribution in [2.24, 2.45) is 0 Å². The Morgan fingerprint density at radius 2 is 1.69 bits per heavy atom. The van der Waals surface area contributed by atoms with Crippen molar-refractivity contribution in [3.05, 3.63) is 12.7 Å². The van der Waals surface area contributed by atoms with Crippen molar-refractivity contribution >= 4 is 8.80 Å². The minimum Gasteiger partial charge on any atom is -0.377 e. The van der Waals surface area contributed by atoms with Crippen molar-refractivity contribution in [3.8, 4) is 0 Å². The van der Waals surface area contributed by atoms with Crippen molar-refractivity contribution in [3.63, 3.8) is 0 Å². The van der Waals surface area contributed by atoms with E-state index in [9.17, 15) is 0 Å². The summed E-state index contributed by atoms with van der Waals surface area (Å²) in [5.74, 6) is 0. The zero-order valence-corrected chi connectivity index (χ0v) is 10.0. The Bertz CT molecular complexity index is 138. The maximum absolute atomic E-state index is 5.39. The first kappa shape index (κ1) is 12.8. The van der Waals surface area contributed by atoms with Crippen LogP contribution in [-0.2, 0) is 13.3 Å². The Balaban J connectivity index is 4.54. The zero-order chi connectivity index (χ0) is 10.3. The lowest BCUT2D eigenvalue weighted by Gasteiger charge is -2.31. The zero-order valence-electron chi connectivity index (χ0n) is 9.00. The molecular formula is C9H20O3Si. The van der Waals surface area contributed by atoms with Crippen LogP contribution in [-0.4, -0.2) is 30.1 Å². The largest absolute Gasteiger partial charge is 0.503 e. The summed E-state index contributed by atoms with van der Waals surface area (Å²) in [6.07, 6.45) is 3.74. The summed E-state index contributed by atoms with van der Waals surface area (Å²) in [4.78, 5) is 0. The molecule has 1 unspecified atom stereocenters. The van der Waals surface area contributed by atoms with Gasteiger partial charge in [-0.1, -0.05) is 13.0 Å². The average molecular weight is 204 g/mol.